The highest BCUT2D eigenvalue weighted by Crippen LogP contribution is 2.18. The zero-order valence-electron chi connectivity index (χ0n) is 12.8. The number of aromatic nitrogens is 5. The third-order valence-corrected chi connectivity index (χ3v) is 2.96. The van der Waals surface area contributed by atoms with Gasteiger partial charge in [0.1, 0.15) is 24.6 Å². The minimum atomic E-state index is -0.0166. The van der Waals surface area contributed by atoms with Crippen LogP contribution in [0, 0.1) is 0 Å². The summed E-state index contributed by atoms with van der Waals surface area (Å²) in [5.74, 6) is 2.94. The van der Waals surface area contributed by atoms with Gasteiger partial charge in [0.25, 0.3) is 0 Å². The molecule has 1 atom stereocenters. The quantitative estimate of drug-likeness (QED) is 0.796. The Morgan fingerprint density at radius 3 is 2.71 bits per heavy atom. The minimum Gasteiger partial charge on any atom is -0.374 e. The molecule has 2 aromatic heterocycles. The van der Waals surface area contributed by atoms with Crippen LogP contribution in [0.25, 0.3) is 0 Å². The van der Waals surface area contributed by atoms with Crippen molar-refractivity contribution in [3.63, 3.8) is 0 Å². The highest BCUT2D eigenvalue weighted by atomic mass is 16.5. The number of hydrogen-bond acceptors (Lipinski definition) is 7. The van der Waals surface area contributed by atoms with Crippen molar-refractivity contribution in [3.8, 4) is 0 Å². The van der Waals surface area contributed by atoms with Crippen molar-refractivity contribution in [3.05, 3.63) is 24.0 Å². The van der Waals surface area contributed by atoms with E-state index in [-0.39, 0.29) is 6.04 Å². The maximum atomic E-state index is 5.36. The molecule has 0 aliphatic carbocycles. The monoisotopic (exact) mass is 291 g/mol. The molecule has 8 heteroatoms. The largest absolute Gasteiger partial charge is 0.374 e. The molecule has 2 heterocycles. The first kappa shape index (κ1) is 15.2. The third kappa shape index (κ3) is 3.88. The van der Waals surface area contributed by atoms with Crippen LogP contribution in [0.4, 0.5) is 11.6 Å². The molecule has 0 spiro atoms. The maximum Gasteiger partial charge on any atom is 0.158 e. The smallest absolute Gasteiger partial charge is 0.158 e. The van der Waals surface area contributed by atoms with Crippen molar-refractivity contribution in [1.82, 2.24) is 24.7 Å². The summed E-state index contributed by atoms with van der Waals surface area (Å²) in [6.45, 7) is 4.97. The SMILES string of the molecule is CCOCc1nc(NC)cc(NC(C)c2nncn2C)n1. The summed E-state index contributed by atoms with van der Waals surface area (Å²) in [5, 5.41) is 14.3. The van der Waals surface area contributed by atoms with Gasteiger partial charge in [-0.25, -0.2) is 9.97 Å². The Balaban J connectivity index is 2.16. The summed E-state index contributed by atoms with van der Waals surface area (Å²) in [4.78, 5) is 8.81. The zero-order chi connectivity index (χ0) is 15.2. The van der Waals surface area contributed by atoms with Gasteiger partial charge >= 0.3 is 0 Å². The van der Waals surface area contributed by atoms with E-state index in [4.69, 9.17) is 4.74 Å². The van der Waals surface area contributed by atoms with Gasteiger partial charge in [0, 0.05) is 26.8 Å². The topological polar surface area (TPSA) is 89.8 Å². The van der Waals surface area contributed by atoms with Gasteiger partial charge in [-0.2, -0.15) is 0 Å². The molecule has 0 aliphatic heterocycles. The summed E-state index contributed by atoms with van der Waals surface area (Å²) in [6, 6.07) is 1.83. The number of hydrogen-bond donors (Lipinski definition) is 2. The fourth-order valence-electron chi connectivity index (χ4n) is 1.93. The highest BCUT2D eigenvalue weighted by molar-refractivity contribution is 5.47. The molecule has 8 nitrogen and oxygen atoms in total. The maximum absolute atomic E-state index is 5.36. The lowest BCUT2D eigenvalue weighted by Crippen LogP contribution is -2.14. The van der Waals surface area contributed by atoms with Crippen LogP contribution >= 0.6 is 0 Å². The summed E-state index contributed by atoms with van der Waals surface area (Å²) in [7, 11) is 3.73. The van der Waals surface area contributed by atoms with Crippen molar-refractivity contribution in [1.29, 1.82) is 0 Å². The molecule has 0 saturated heterocycles. The molecule has 2 rings (SSSR count). The Hall–Kier alpha value is -2.22. The van der Waals surface area contributed by atoms with Crippen molar-refractivity contribution >= 4 is 11.6 Å². The van der Waals surface area contributed by atoms with Crippen LogP contribution in [0.15, 0.2) is 12.4 Å². The highest BCUT2D eigenvalue weighted by Gasteiger charge is 2.13. The second-order valence-corrected chi connectivity index (χ2v) is 4.61. The fourth-order valence-corrected chi connectivity index (χ4v) is 1.93. The molecule has 0 fully saturated rings. The molecule has 0 aromatic carbocycles. The Morgan fingerprint density at radius 1 is 1.33 bits per heavy atom. The van der Waals surface area contributed by atoms with Gasteiger partial charge in [0.05, 0.1) is 6.04 Å². The van der Waals surface area contributed by atoms with E-state index in [2.05, 4.69) is 30.8 Å². The lowest BCUT2D eigenvalue weighted by molar-refractivity contribution is 0.128. The predicted octanol–water partition coefficient (Wildman–Crippen LogP) is 1.36. The van der Waals surface area contributed by atoms with E-state index in [0.717, 1.165) is 17.5 Å². The van der Waals surface area contributed by atoms with Gasteiger partial charge in [0.2, 0.25) is 0 Å². The summed E-state index contributed by atoms with van der Waals surface area (Å²) >= 11 is 0. The van der Waals surface area contributed by atoms with Crippen LogP contribution < -0.4 is 10.6 Å². The van der Waals surface area contributed by atoms with Crippen molar-refractivity contribution in [2.75, 3.05) is 24.3 Å². The lowest BCUT2D eigenvalue weighted by atomic mass is 10.3. The Morgan fingerprint density at radius 2 is 2.10 bits per heavy atom. The molecule has 0 radical (unpaired) electrons. The number of nitrogens with zero attached hydrogens (tertiary/aromatic N) is 5. The normalized spacial score (nSPS) is 12.2. The van der Waals surface area contributed by atoms with Crippen molar-refractivity contribution in [2.45, 2.75) is 26.5 Å². The number of rotatable bonds is 7. The standard InChI is InChI=1S/C13H21N7O/c1-5-21-7-12-17-10(14-3)6-11(18-12)16-9(2)13-19-15-8-20(13)4/h6,8-9H,5,7H2,1-4H3,(H2,14,16,17,18). The molecule has 0 bridgehead atoms. The van der Waals surface area contributed by atoms with E-state index in [1.165, 1.54) is 0 Å². The van der Waals surface area contributed by atoms with Gasteiger partial charge < -0.3 is 19.9 Å². The molecular weight excluding hydrogens is 270 g/mol. The lowest BCUT2D eigenvalue weighted by Gasteiger charge is -2.15. The molecule has 2 N–H and O–H groups in total. The van der Waals surface area contributed by atoms with E-state index >= 15 is 0 Å². The third-order valence-electron chi connectivity index (χ3n) is 2.96. The molecule has 1 unspecified atom stereocenters. The van der Waals surface area contributed by atoms with Gasteiger partial charge in [-0.15, -0.1) is 10.2 Å². The molecule has 21 heavy (non-hydrogen) atoms. The predicted molar refractivity (Wildman–Crippen MR) is 79.9 cm³/mol. The van der Waals surface area contributed by atoms with E-state index < -0.39 is 0 Å². The average molecular weight is 291 g/mol. The van der Waals surface area contributed by atoms with Crippen LogP contribution in [0.2, 0.25) is 0 Å². The first-order chi connectivity index (χ1) is 10.1. The van der Waals surface area contributed by atoms with Crippen LogP contribution in [0.1, 0.15) is 31.5 Å². The first-order valence-corrected chi connectivity index (χ1v) is 6.88. The van der Waals surface area contributed by atoms with Crippen LogP contribution in [0.5, 0.6) is 0 Å². The minimum absolute atomic E-state index is 0.0166. The molecule has 2 aromatic rings. The van der Waals surface area contributed by atoms with Gasteiger partial charge in [-0.05, 0) is 13.8 Å². The summed E-state index contributed by atoms with van der Waals surface area (Å²) in [6.07, 6.45) is 1.67. The Labute approximate surface area is 124 Å². The van der Waals surface area contributed by atoms with E-state index in [1.807, 2.05) is 38.6 Å². The van der Waals surface area contributed by atoms with Crippen molar-refractivity contribution < 1.29 is 4.74 Å². The van der Waals surface area contributed by atoms with E-state index in [1.54, 1.807) is 6.33 Å². The number of nitrogens with one attached hydrogen (secondary N) is 2. The molecule has 0 saturated carbocycles. The number of anilines is 2. The average Bonchev–Trinajstić information content (AvgIpc) is 2.91. The molecule has 0 amide bonds. The van der Waals surface area contributed by atoms with Crippen LogP contribution in [-0.2, 0) is 18.4 Å². The Kier molecular flexibility index (Phi) is 5.04. The van der Waals surface area contributed by atoms with E-state index in [0.29, 0.717) is 19.0 Å². The summed E-state index contributed by atoms with van der Waals surface area (Å²) < 4.78 is 7.24. The number of ether oxygens (including phenoxy) is 1. The van der Waals surface area contributed by atoms with Gasteiger partial charge in [-0.3, -0.25) is 0 Å². The molecule has 114 valence electrons. The van der Waals surface area contributed by atoms with Crippen LogP contribution in [-0.4, -0.2) is 38.4 Å². The second kappa shape index (κ2) is 6.98. The van der Waals surface area contributed by atoms with Gasteiger partial charge in [0.15, 0.2) is 11.6 Å². The molecule has 0 aliphatic rings. The Bertz CT molecular complexity index is 584. The fraction of sp³-hybridized carbons (Fsp3) is 0.538. The van der Waals surface area contributed by atoms with E-state index in [9.17, 15) is 0 Å². The van der Waals surface area contributed by atoms with Gasteiger partial charge in [-0.1, -0.05) is 0 Å². The number of aryl methyl sites for hydroxylation is 1. The van der Waals surface area contributed by atoms with Crippen LogP contribution in [0.3, 0.4) is 0 Å². The first-order valence-electron chi connectivity index (χ1n) is 6.88. The van der Waals surface area contributed by atoms with Crippen molar-refractivity contribution in [2.24, 2.45) is 7.05 Å². The second-order valence-electron chi connectivity index (χ2n) is 4.61. The molecular formula is C13H21N7O. The zero-order valence-corrected chi connectivity index (χ0v) is 12.8. The summed E-state index contributed by atoms with van der Waals surface area (Å²) in [5.41, 5.74) is 0.